The van der Waals surface area contributed by atoms with Crippen molar-refractivity contribution in [2.45, 2.75) is 12.8 Å². The molecule has 0 aliphatic rings. The van der Waals surface area contributed by atoms with E-state index >= 15 is 0 Å². The topological polar surface area (TPSA) is 77.8 Å². The molecular weight excluding hydrogens is 285 g/mol. The first-order valence-corrected chi connectivity index (χ1v) is 4.66. The molecule has 1 aromatic rings. The van der Waals surface area contributed by atoms with Crippen molar-refractivity contribution in [3.05, 3.63) is 23.8 Å². The quantitative estimate of drug-likeness (QED) is 0.701. The standard InChI is InChI=1S/C11H13O4.Y/c12-4-3-8(7-13)5-9-1-2-10(14)6-11(9)15;/h1-2,6,8,12,14-15H,3-5H2;/q-1;. The van der Waals surface area contributed by atoms with Crippen molar-refractivity contribution in [3.63, 3.8) is 0 Å². The molecule has 1 unspecified atom stereocenters. The summed E-state index contributed by atoms with van der Waals surface area (Å²) in [7, 11) is 0. The van der Waals surface area contributed by atoms with Crippen LogP contribution in [-0.2, 0) is 43.9 Å². The van der Waals surface area contributed by atoms with Gasteiger partial charge in [-0.25, -0.2) is 0 Å². The van der Waals surface area contributed by atoms with Crippen LogP contribution in [-0.4, -0.2) is 28.2 Å². The third kappa shape index (κ3) is 4.60. The molecule has 5 heteroatoms. The molecule has 1 rings (SSSR count). The number of benzene rings is 1. The van der Waals surface area contributed by atoms with Crippen LogP contribution in [0.1, 0.15) is 12.0 Å². The molecule has 3 N–H and O–H groups in total. The number of aromatic hydroxyl groups is 2. The normalized spacial score (nSPS) is 11.6. The van der Waals surface area contributed by atoms with Crippen LogP contribution in [0.4, 0.5) is 0 Å². The molecule has 1 radical (unpaired) electrons. The SMILES string of the molecule is O=[C-]C(CCO)Cc1ccc(O)cc1O.[Y]. The zero-order valence-corrected chi connectivity index (χ0v) is 11.6. The summed E-state index contributed by atoms with van der Waals surface area (Å²) in [6.45, 7) is -0.0846. The van der Waals surface area contributed by atoms with Crippen molar-refractivity contribution in [1.82, 2.24) is 0 Å². The largest absolute Gasteiger partial charge is 0.542 e. The first-order chi connectivity index (χ1) is 7.17. The van der Waals surface area contributed by atoms with E-state index in [0.29, 0.717) is 18.4 Å². The van der Waals surface area contributed by atoms with Gasteiger partial charge in [-0.15, -0.1) is 5.92 Å². The number of rotatable bonds is 5. The van der Waals surface area contributed by atoms with E-state index < -0.39 is 5.92 Å². The van der Waals surface area contributed by atoms with E-state index in [1.54, 1.807) is 6.07 Å². The Morgan fingerprint density at radius 1 is 1.31 bits per heavy atom. The van der Waals surface area contributed by atoms with E-state index in [9.17, 15) is 9.90 Å². The maximum absolute atomic E-state index is 10.5. The Kier molecular flexibility index (Phi) is 7.55. The molecule has 0 saturated heterocycles. The summed E-state index contributed by atoms with van der Waals surface area (Å²) < 4.78 is 0. The molecule has 4 nitrogen and oxygen atoms in total. The molecule has 0 fully saturated rings. The van der Waals surface area contributed by atoms with Gasteiger partial charge in [-0.2, -0.15) is 0 Å². The van der Waals surface area contributed by atoms with E-state index in [2.05, 4.69) is 0 Å². The second-order valence-electron chi connectivity index (χ2n) is 3.34. The Bertz CT molecular complexity index is 341. The second kappa shape index (κ2) is 7.77. The molecule has 1 atom stereocenters. The first kappa shape index (κ1) is 15.6. The Morgan fingerprint density at radius 3 is 2.50 bits per heavy atom. The maximum Gasteiger partial charge on any atom is 0.122 e. The Hall–Kier alpha value is -0.446. The molecule has 0 aliphatic heterocycles. The van der Waals surface area contributed by atoms with Crippen LogP contribution in [0.15, 0.2) is 18.2 Å². The molecule has 0 saturated carbocycles. The predicted octanol–water partition coefficient (Wildman–Crippen LogP) is 0.746. The predicted molar refractivity (Wildman–Crippen MR) is 54.4 cm³/mol. The van der Waals surface area contributed by atoms with Crippen LogP contribution in [0.2, 0.25) is 0 Å². The van der Waals surface area contributed by atoms with Gasteiger partial charge in [-0.05, 0) is 18.1 Å². The van der Waals surface area contributed by atoms with Crippen molar-refractivity contribution in [1.29, 1.82) is 0 Å². The molecule has 85 valence electrons. The smallest absolute Gasteiger partial charge is 0.122 e. The molecule has 16 heavy (non-hydrogen) atoms. The number of aliphatic hydroxyl groups is 1. The zero-order chi connectivity index (χ0) is 11.3. The zero-order valence-electron chi connectivity index (χ0n) is 8.76. The third-order valence-electron chi connectivity index (χ3n) is 2.18. The summed E-state index contributed by atoms with van der Waals surface area (Å²) in [5.41, 5.74) is 0.564. The van der Waals surface area contributed by atoms with Crippen LogP contribution in [0.3, 0.4) is 0 Å². The van der Waals surface area contributed by atoms with Gasteiger partial charge in [-0.1, -0.05) is 12.5 Å². The van der Waals surface area contributed by atoms with Gasteiger partial charge in [0.1, 0.15) is 11.5 Å². The van der Waals surface area contributed by atoms with Crippen molar-refractivity contribution in [2.75, 3.05) is 6.61 Å². The minimum Gasteiger partial charge on any atom is -0.542 e. The fraction of sp³-hybridized carbons (Fsp3) is 0.364. The van der Waals surface area contributed by atoms with E-state index in [-0.39, 0.29) is 50.8 Å². The van der Waals surface area contributed by atoms with Crippen LogP contribution in [0, 0.1) is 5.92 Å². The Morgan fingerprint density at radius 2 is 2.00 bits per heavy atom. The third-order valence-corrected chi connectivity index (χ3v) is 2.18. The summed E-state index contributed by atoms with van der Waals surface area (Å²) in [6.07, 6.45) is 2.45. The molecule has 0 heterocycles. The van der Waals surface area contributed by atoms with Gasteiger partial charge in [0.15, 0.2) is 0 Å². The maximum atomic E-state index is 10.5. The Balaban J connectivity index is 0.00000225. The van der Waals surface area contributed by atoms with Crippen molar-refractivity contribution < 1.29 is 52.8 Å². The van der Waals surface area contributed by atoms with E-state index in [4.69, 9.17) is 10.2 Å². The number of carbonyl (C=O) groups excluding carboxylic acids is 1. The molecular formula is C11H13O4Y-. The average Bonchev–Trinajstić information content (AvgIpc) is 2.21. The molecule has 0 aliphatic carbocycles. The molecule has 1 aromatic carbocycles. The van der Waals surface area contributed by atoms with E-state index in [0.717, 1.165) is 0 Å². The summed E-state index contributed by atoms with van der Waals surface area (Å²) >= 11 is 0. The van der Waals surface area contributed by atoms with Crippen molar-refractivity contribution >= 4 is 6.29 Å². The van der Waals surface area contributed by atoms with Crippen LogP contribution < -0.4 is 0 Å². The van der Waals surface area contributed by atoms with Gasteiger partial charge in [0.2, 0.25) is 0 Å². The van der Waals surface area contributed by atoms with Gasteiger partial charge in [0, 0.05) is 45.4 Å². The Labute approximate surface area is 119 Å². The van der Waals surface area contributed by atoms with Crippen molar-refractivity contribution in [3.8, 4) is 11.5 Å². The number of phenols is 2. The summed E-state index contributed by atoms with van der Waals surface area (Å²) in [5, 5.41) is 27.2. The van der Waals surface area contributed by atoms with Gasteiger partial charge in [-0.3, -0.25) is 6.29 Å². The van der Waals surface area contributed by atoms with E-state index in [1.807, 2.05) is 6.29 Å². The molecule has 0 bridgehead atoms. The first-order valence-electron chi connectivity index (χ1n) is 4.66. The van der Waals surface area contributed by atoms with Gasteiger partial charge < -0.3 is 20.1 Å². The number of aliphatic hydroxyl groups excluding tert-OH is 1. The fourth-order valence-electron chi connectivity index (χ4n) is 1.35. The van der Waals surface area contributed by atoms with Crippen LogP contribution in [0.5, 0.6) is 11.5 Å². The average molecular weight is 298 g/mol. The van der Waals surface area contributed by atoms with Crippen molar-refractivity contribution in [2.24, 2.45) is 5.92 Å². The van der Waals surface area contributed by atoms with Crippen LogP contribution >= 0.6 is 0 Å². The number of hydrogen-bond acceptors (Lipinski definition) is 4. The van der Waals surface area contributed by atoms with E-state index in [1.165, 1.54) is 12.1 Å². The minimum absolute atomic E-state index is 0. The fourth-order valence-corrected chi connectivity index (χ4v) is 1.35. The summed E-state index contributed by atoms with van der Waals surface area (Å²) in [4.78, 5) is 10.5. The minimum atomic E-state index is -0.426. The summed E-state index contributed by atoms with van der Waals surface area (Å²) in [5.74, 6) is -0.497. The van der Waals surface area contributed by atoms with Gasteiger partial charge in [0.25, 0.3) is 0 Å². The van der Waals surface area contributed by atoms with Crippen LogP contribution in [0.25, 0.3) is 0 Å². The monoisotopic (exact) mass is 298 g/mol. The van der Waals surface area contributed by atoms with Gasteiger partial charge >= 0.3 is 0 Å². The molecule has 0 aromatic heterocycles. The number of phenolic OH excluding ortho intramolecular Hbond substituents is 2. The summed E-state index contributed by atoms with van der Waals surface area (Å²) in [6, 6.07) is 4.21. The molecule has 0 spiro atoms. The number of hydrogen-bond donors (Lipinski definition) is 3. The molecule has 0 amide bonds. The van der Waals surface area contributed by atoms with Gasteiger partial charge in [0.05, 0.1) is 0 Å². The second-order valence-corrected chi connectivity index (χ2v) is 3.34.